The molecule has 0 spiro atoms. The van der Waals surface area contributed by atoms with Gasteiger partial charge >= 0.3 is 0 Å². The van der Waals surface area contributed by atoms with Crippen molar-refractivity contribution in [3.63, 3.8) is 0 Å². The van der Waals surface area contributed by atoms with E-state index < -0.39 is 0 Å². The first-order chi connectivity index (χ1) is 9.83. The van der Waals surface area contributed by atoms with Crippen molar-refractivity contribution in [1.82, 2.24) is 15.5 Å². The molecule has 5 heteroatoms. The van der Waals surface area contributed by atoms with Crippen LogP contribution in [-0.2, 0) is 0 Å². The lowest BCUT2D eigenvalue weighted by Gasteiger charge is -2.27. The second-order valence-electron chi connectivity index (χ2n) is 4.98. The molecule has 0 radical (unpaired) electrons. The van der Waals surface area contributed by atoms with E-state index in [0.29, 0.717) is 17.7 Å². The summed E-state index contributed by atoms with van der Waals surface area (Å²) in [5.41, 5.74) is 0.606. The largest absolute Gasteiger partial charge is 0.469 e. The van der Waals surface area contributed by atoms with E-state index in [1.807, 2.05) is 18.2 Å². The molecule has 2 heterocycles. The molecule has 2 aliphatic heterocycles. The Hall–Kier alpha value is -2.01. The summed E-state index contributed by atoms with van der Waals surface area (Å²) in [6, 6.07) is 7.33. The van der Waals surface area contributed by atoms with Gasteiger partial charge in [0.25, 0.3) is 5.91 Å². The number of fused-ring (bicyclic) bond motifs is 1. The molecule has 2 aliphatic rings. The van der Waals surface area contributed by atoms with E-state index in [1.165, 1.54) is 0 Å². The third-order valence-electron chi connectivity index (χ3n) is 3.51. The normalized spacial score (nSPS) is 22.3. The number of hydrogen-bond donors (Lipinski definition) is 2. The number of benzene rings is 1. The molecule has 2 N–H and O–H groups in total. The minimum absolute atomic E-state index is 0.0626. The predicted octanol–water partition coefficient (Wildman–Crippen LogP) is 0.944. The van der Waals surface area contributed by atoms with Crippen LogP contribution in [0.2, 0.25) is 0 Å². The van der Waals surface area contributed by atoms with Gasteiger partial charge in [0, 0.05) is 32.6 Å². The zero-order valence-electron chi connectivity index (χ0n) is 11.3. The Bertz CT molecular complexity index is 510. The molecule has 0 bridgehead atoms. The molecule has 0 aromatic heterocycles. The van der Waals surface area contributed by atoms with Crippen molar-refractivity contribution >= 4 is 5.91 Å². The third kappa shape index (κ3) is 2.93. The average molecular weight is 273 g/mol. The molecule has 0 saturated carbocycles. The van der Waals surface area contributed by atoms with E-state index in [-0.39, 0.29) is 12.1 Å². The first-order valence-electron chi connectivity index (χ1n) is 7.01. The van der Waals surface area contributed by atoms with Crippen LogP contribution in [-0.4, -0.2) is 43.2 Å². The standard InChI is InChI=1S/C15H19N3O2/c19-15-12-4-1-2-5-13(12)20-14(17-15)6-3-9-18-10-7-16-8-11-18/h1-5,9,14,16H,6-8,10-11H2,(H,17,19)/b9-3+. The van der Waals surface area contributed by atoms with Crippen molar-refractivity contribution in [3.8, 4) is 5.75 Å². The van der Waals surface area contributed by atoms with Gasteiger partial charge in [-0.15, -0.1) is 0 Å². The van der Waals surface area contributed by atoms with Gasteiger partial charge in [-0.1, -0.05) is 18.2 Å². The lowest BCUT2D eigenvalue weighted by atomic mass is 10.1. The highest BCUT2D eigenvalue weighted by Crippen LogP contribution is 2.23. The summed E-state index contributed by atoms with van der Waals surface area (Å²) in [6.45, 7) is 4.09. The van der Waals surface area contributed by atoms with Gasteiger partial charge in [0.15, 0.2) is 6.23 Å². The number of piperazine rings is 1. The Morgan fingerprint density at radius 2 is 2.10 bits per heavy atom. The van der Waals surface area contributed by atoms with Crippen LogP contribution in [0.4, 0.5) is 0 Å². The number of rotatable bonds is 3. The molecule has 1 unspecified atom stereocenters. The summed E-state index contributed by atoms with van der Waals surface area (Å²) in [6.07, 6.45) is 4.54. The van der Waals surface area contributed by atoms with Crippen molar-refractivity contribution in [3.05, 3.63) is 42.1 Å². The van der Waals surface area contributed by atoms with Gasteiger partial charge in [0.05, 0.1) is 5.56 Å². The molecule has 1 saturated heterocycles. The Labute approximate surface area is 118 Å². The van der Waals surface area contributed by atoms with Crippen LogP contribution in [0.15, 0.2) is 36.5 Å². The molecular formula is C15H19N3O2. The molecule has 1 fully saturated rings. The summed E-state index contributed by atoms with van der Waals surface area (Å²) in [7, 11) is 0. The fourth-order valence-electron chi connectivity index (χ4n) is 2.44. The molecule has 1 aromatic carbocycles. The number of nitrogens with zero attached hydrogens (tertiary/aromatic N) is 1. The topological polar surface area (TPSA) is 53.6 Å². The monoisotopic (exact) mass is 273 g/mol. The van der Waals surface area contributed by atoms with Crippen LogP contribution in [0, 0.1) is 0 Å². The lowest BCUT2D eigenvalue weighted by Crippen LogP contribution is -2.43. The molecule has 5 nitrogen and oxygen atoms in total. The van der Waals surface area contributed by atoms with Crippen LogP contribution in [0.1, 0.15) is 16.8 Å². The van der Waals surface area contributed by atoms with Crippen LogP contribution in [0.25, 0.3) is 0 Å². The van der Waals surface area contributed by atoms with Gasteiger partial charge in [-0.25, -0.2) is 0 Å². The Morgan fingerprint density at radius 1 is 1.30 bits per heavy atom. The second kappa shape index (κ2) is 5.96. The number of amides is 1. The van der Waals surface area contributed by atoms with Crippen molar-refractivity contribution in [2.24, 2.45) is 0 Å². The molecule has 20 heavy (non-hydrogen) atoms. The molecule has 1 amide bonds. The summed E-state index contributed by atoms with van der Waals surface area (Å²) in [4.78, 5) is 14.2. The van der Waals surface area contributed by atoms with E-state index >= 15 is 0 Å². The number of hydrogen-bond acceptors (Lipinski definition) is 4. The van der Waals surface area contributed by atoms with Crippen LogP contribution in [0.3, 0.4) is 0 Å². The van der Waals surface area contributed by atoms with Gasteiger partial charge in [0.2, 0.25) is 0 Å². The number of para-hydroxylation sites is 1. The zero-order valence-corrected chi connectivity index (χ0v) is 11.3. The van der Waals surface area contributed by atoms with E-state index in [0.717, 1.165) is 26.2 Å². The molecule has 1 atom stereocenters. The number of carbonyl (C=O) groups excluding carboxylic acids is 1. The van der Waals surface area contributed by atoms with Crippen molar-refractivity contribution in [1.29, 1.82) is 0 Å². The van der Waals surface area contributed by atoms with E-state index in [1.54, 1.807) is 6.07 Å². The first kappa shape index (κ1) is 13.0. The fourth-order valence-corrected chi connectivity index (χ4v) is 2.44. The van der Waals surface area contributed by atoms with Crippen molar-refractivity contribution in [2.75, 3.05) is 26.2 Å². The van der Waals surface area contributed by atoms with E-state index in [4.69, 9.17) is 4.74 Å². The Morgan fingerprint density at radius 3 is 2.95 bits per heavy atom. The first-order valence-corrected chi connectivity index (χ1v) is 7.01. The van der Waals surface area contributed by atoms with Crippen LogP contribution in [0.5, 0.6) is 5.75 Å². The number of ether oxygens (including phenoxy) is 1. The SMILES string of the molecule is O=C1NC(C/C=C/N2CCNCC2)Oc2ccccc21. The maximum atomic E-state index is 11.9. The van der Waals surface area contributed by atoms with Crippen molar-refractivity contribution in [2.45, 2.75) is 12.6 Å². The van der Waals surface area contributed by atoms with Crippen LogP contribution >= 0.6 is 0 Å². The lowest BCUT2D eigenvalue weighted by molar-refractivity contribution is 0.0762. The maximum absolute atomic E-state index is 11.9. The second-order valence-corrected chi connectivity index (χ2v) is 4.98. The molecular weight excluding hydrogens is 254 g/mol. The Balaban J connectivity index is 1.57. The summed E-state index contributed by atoms with van der Waals surface area (Å²) < 4.78 is 5.78. The maximum Gasteiger partial charge on any atom is 0.257 e. The summed E-state index contributed by atoms with van der Waals surface area (Å²) in [5.74, 6) is 0.601. The van der Waals surface area contributed by atoms with Crippen molar-refractivity contribution < 1.29 is 9.53 Å². The quantitative estimate of drug-likeness (QED) is 0.861. The predicted molar refractivity (Wildman–Crippen MR) is 76.5 cm³/mol. The van der Waals surface area contributed by atoms with Gasteiger partial charge in [-0.3, -0.25) is 4.79 Å². The fraction of sp³-hybridized carbons (Fsp3) is 0.400. The molecule has 0 aliphatic carbocycles. The van der Waals surface area contributed by atoms with Gasteiger partial charge in [0.1, 0.15) is 5.75 Å². The minimum atomic E-state index is -0.281. The number of nitrogens with one attached hydrogen (secondary N) is 2. The highest BCUT2D eigenvalue weighted by atomic mass is 16.5. The van der Waals surface area contributed by atoms with Crippen LogP contribution < -0.4 is 15.4 Å². The molecule has 106 valence electrons. The Kier molecular flexibility index (Phi) is 3.87. The highest BCUT2D eigenvalue weighted by molar-refractivity contribution is 5.97. The van der Waals surface area contributed by atoms with E-state index in [2.05, 4.69) is 27.8 Å². The van der Waals surface area contributed by atoms with Gasteiger partial charge in [-0.2, -0.15) is 0 Å². The van der Waals surface area contributed by atoms with E-state index in [9.17, 15) is 4.79 Å². The number of carbonyl (C=O) groups is 1. The molecule has 3 rings (SSSR count). The minimum Gasteiger partial charge on any atom is -0.469 e. The van der Waals surface area contributed by atoms with Gasteiger partial charge < -0.3 is 20.3 Å². The summed E-state index contributed by atoms with van der Waals surface area (Å²) >= 11 is 0. The molecule has 1 aromatic rings. The zero-order chi connectivity index (χ0) is 13.8. The average Bonchev–Trinajstić information content (AvgIpc) is 2.48. The third-order valence-corrected chi connectivity index (χ3v) is 3.51. The van der Waals surface area contributed by atoms with Gasteiger partial charge in [-0.05, 0) is 18.3 Å². The summed E-state index contributed by atoms with van der Waals surface area (Å²) in [5, 5.41) is 6.18. The highest BCUT2D eigenvalue weighted by Gasteiger charge is 2.23. The smallest absolute Gasteiger partial charge is 0.257 e.